The Bertz CT molecular complexity index is 598. The summed E-state index contributed by atoms with van der Waals surface area (Å²) in [6.45, 7) is 4.12. The highest BCUT2D eigenvalue weighted by Gasteiger charge is 2.08. The van der Waals surface area contributed by atoms with E-state index in [1.807, 2.05) is 6.92 Å². The summed E-state index contributed by atoms with van der Waals surface area (Å²) in [4.78, 5) is 20.3. The van der Waals surface area contributed by atoms with Crippen molar-refractivity contribution in [2.75, 3.05) is 10.6 Å². The molecule has 2 N–H and O–H groups in total. The minimum atomic E-state index is -0.257. The molecule has 0 radical (unpaired) electrons. The molecule has 6 heteroatoms. The molecule has 0 bridgehead atoms. The first-order valence-corrected chi connectivity index (χ1v) is 7.11. The number of benzene rings is 1. The molecule has 0 aliphatic rings. The quantitative estimate of drug-likeness (QED) is 0.886. The van der Waals surface area contributed by atoms with Gasteiger partial charge in [-0.1, -0.05) is 18.5 Å². The van der Waals surface area contributed by atoms with E-state index in [-0.39, 0.29) is 5.91 Å². The first kappa shape index (κ1) is 15.3. The lowest BCUT2D eigenvalue weighted by molar-refractivity contribution is 0.102. The van der Waals surface area contributed by atoms with Gasteiger partial charge >= 0.3 is 0 Å². The molecule has 1 aromatic heterocycles. The van der Waals surface area contributed by atoms with Crippen LogP contribution in [0, 0.1) is 0 Å². The molecule has 0 aliphatic carbocycles. The standard InChI is InChI=1S/C15H17ClN4O/c1-3-10(2)19-15-17-8-11(9-18-15)14(21)20-13-6-4-12(16)5-7-13/h4-10H,3H2,1-2H3,(H,20,21)(H,17,18,19). The molecule has 0 aliphatic heterocycles. The zero-order valence-corrected chi connectivity index (χ0v) is 12.7. The summed E-state index contributed by atoms with van der Waals surface area (Å²) >= 11 is 5.80. The highest BCUT2D eigenvalue weighted by atomic mass is 35.5. The minimum Gasteiger partial charge on any atom is -0.352 e. The van der Waals surface area contributed by atoms with Crippen LogP contribution in [-0.2, 0) is 0 Å². The number of carbonyl (C=O) groups is 1. The van der Waals surface area contributed by atoms with Crippen molar-refractivity contribution in [3.63, 3.8) is 0 Å². The van der Waals surface area contributed by atoms with Gasteiger partial charge in [0.1, 0.15) is 0 Å². The van der Waals surface area contributed by atoms with E-state index in [2.05, 4.69) is 27.5 Å². The van der Waals surface area contributed by atoms with Crippen molar-refractivity contribution in [3.05, 3.63) is 47.2 Å². The molecular weight excluding hydrogens is 288 g/mol. The Morgan fingerprint density at radius 2 is 1.86 bits per heavy atom. The lowest BCUT2D eigenvalue weighted by atomic mass is 10.2. The number of halogens is 1. The van der Waals surface area contributed by atoms with Crippen LogP contribution in [0.5, 0.6) is 0 Å². The molecule has 0 saturated carbocycles. The van der Waals surface area contributed by atoms with Gasteiger partial charge in [0.25, 0.3) is 5.91 Å². The number of hydrogen-bond donors (Lipinski definition) is 2. The molecule has 110 valence electrons. The first-order valence-electron chi connectivity index (χ1n) is 6.74. The molecule has 1 heterocycles. The number of carbonyl (C=O) groups excluding carboxylic acids is 1. The number of hydrogen-bond acceptors (Lipinski definition) is 4. The minimum absolute atomic E-state index is 0.257. The normalized spacial score (nSPS) is 11.8. The van der Waals surface area contributed by atoms with Crippen LogP contribution in [0.4, 0.5) is 11.6 Å². The summed E-state index contributed by atoms with van der Waals surface area (Å²) in [7, 11) is 0. The Morgan fingerprint density at radius 1 is 1.24 bits per heavy atom. The summed E-state index contributed by atoms with van der Waals surface area (Å²) in [5.74, 6) is 0.264. The second kappa shape index (κ2) is 7.04. The Balaban J connectivity index is 2.01. The average molecular weight is 305 g/mol. The molecule has 21 heavy (non-hydrogen) atoms. The third-order valence-electron chi connectivity index (χ3n) is 3.00. The maximum atomic E-state index is 12.0. The third kappa shape index (κ3) is 4.43. The van der Waals surface area contributed by atoms with Crippen molar-refractivity contribution in [1.29, 1.82) is 0 Å². The van der Waals surface area contributed by atoms with E-state index < -0.39 is 0 Å². The van der Waals surface area contributed by atoms with Gasteiger partial charge in [0.15, 0.2) is 0 Å². The fourth-order valence-electron chi connectivity index (χ4n) is 1.58. The number of amides is 1. The van der Waals surface area contributed by atoms with E-state index in [4.69, 9.17) is 11.6 Å². The maximum Gasteiger partial charge on any atom is 0.258 e. The number of aromatic nitrogens is 2. The van der Waals surface area contributed by atoms with Gasteiger partial charge in [0, 0.05) is 29.1 Å². The molecule has 2 aromatic rings. The van der Waals surface area contributed by atoms with Gasteiger partial charge in [-0.3, -0.25) is 4.79 Å². The van der Waals surface area contributed by atoms with Gasteiger partial charge in [-0.05, 0) is 37.6 Å². The largest absolute Gasteiger partial charge is 0.352 e. The smallest absolute Gasteiger partial charge is 0.258 e. The molecule has 0 spiro atoms. The van der Waals surface area contributed by atoms with E-state index in [1.165, 1.54) is 12.4 Å². The second-order valence-electron chi connectivity index (χ2n) is 4.71. The highest BCUT2D eigenvalue weighted by Crippen LogP contribution is 2.14. The topological polar surface area (TPSA) is 66.9 Å². The fourth-order valence-corrected chi connectivity index (χ4v) is 1.70. The first-order chi connectivity index (χ1) is 10.1. The summed E-state index contributed by atoms with van der Waals surface area (Å²) in [5, 5.41) is 6.53. The molecule has 2 rings (SSSR count). The predicted molar refractivity (Wildman–Crippen MR) is 84.8 cm³/mol. The summed E-state index contributed by atoms with van der Waals surface area (Å²) < 4.78 is 0. The molecule has 1 unspecified atom stereocenters. The Morgan fingerprint density at radius 3 is 2.43 bits per heavy atom. The van der Waals surface area contributed by atoms with Crippen LogP contribution in [0.2, 0.25) is 5.02 Å². The van der Waals surface area contributed by atoms with Gasteiger partial charge in [0.05, 0.1) is 5.56 Å². The van der Waals surface area contributed by atoms with Crippen molar-refractivity contribution in [3.8, 4) is 0 Å². The molecule has 0 saturated heterocycles. The Kier molecular flexibility index (Phi) is 5.11. The fraction of sp³-hybridized carbons (Fsp3) is 0.267. The van der Waals surface area contributed by atoms with Gasteiger partial charge in [-0.2, -0.15) is 0 Å². The Labute approximate surface area is 128 Å². The van der Waals surface area contributed by atoms with Crippen LogP contribution >= 0.6 is 11.6 Å². The molecule has 5 nitrogen and oxygen atoms in total. The lowest BCUT2D eigenvalue weighted by Crippen LogP contribution is -2.17. The molecule has 1 amide bonds. The molecule has 0 fully saturated rings. The van der Waals surface area contributed by atoms with Gasteiger partial charge < -0.3 is 10.6 Å². The summed E-state index contributed by atoms with van der Waals surface area (Å²) in [5.41, 5.74) is 1.07. The van der Waals surface area contributed by atoms with Crippen molar-refractivity contribution in [1.82, 2.24) is 9.97 Å². The van der Waals surface area contributed by atoms with Gasteiger partial charge in [-0.15, -0.1) is 0 Å². The van der Waals surface area contributed by atoms with E-state index in [9.17, 15) is 4.79 Å². The van der Waals surface area contributed by atoms with Crippen molar-refractivity contribution >= 4 is 29.1 Å². The molecule has 1 aromatic carbocycles. The SMILES string of the molecule is CCC(C)Nc1ncc(C(=O)Nc2ccc(Cl)cc2)cn1. The summed E-state index contributed by atoms with van der Waals surface area (Å²) in [6.07, 6.45) is 3.98. The van der Waals surface area contributed by atoms with E-state index in [0.717, 1.165) is 6.42 Å². The second-order valence-corrected chi connectivity index (χ2v) is 5.15. The zero-order valence-electron chi connectivity index (χ0n) is 11.9. The molecule has 1 atom stereocenters. The predicted octanol–water partition coefficient (Wildman–Crippen LogP) is 3.59. The number of nitrogens with one attached hydrogen (secondary N) is 2. The van der Waals surface area contributed by atoms with Crippen LogP contribution in [0.3, 0.4) is 0 Å². The zero-order chi connectivity index (χ0) is 15.2. The van der Waals surface area contributed by atoms with Crippen molar-refractivity contribution in [2.24, 2.45) is 0 Å². The van der Waals surface area contributed by atoms with Crippen LogP contribution < -0.4 is 10.6 Å². The van der Waals surface area contributed by atoms with Crippen LogP contribution in [0.25, 0.3) is 0 Å². The Hall–Kier alpha value is -2.14. The number of anilines is 2. The maximum absolute atomic E-state index is 12.0. The van der Waals surface area contributed by atoms with Crippen LogP contribution in [-0.4, -0.2) is 21.9 Å². The highest BCUT2D eigenvalue weighted by molar-refractivity contribution is 6.30. The van der Waals surface area contributed by atoms with Crippen molar-refractivity contribution < 1.29 is 4.79 Å². The number of nitrogens with zero attached hydrogens (tertiary/aromatic N) is 2. The van der Waals surface area contributed by atoms with E-state index in [0.29, 0.717) is 28.3 Å². The number of rotatable bonds is 5. The van der Waals surface area contributed by atoms with Crippen LogP contribution in [0.1, 0.15) is 30.6 Å². The third-order valence-corrected chi connectivity index (χ3v) is 3.26. The monoisotopic (exact) mass is 304 g/mol. The van der Waals surface area contributed by atoms with E-state index >= 15 is 0 Å². The van der Waals surface area contributed by atoms with Crippen molar-refractivity contribution in [2.45, 2.75) is 26.3 Å². The van der Waals surface area contributed by atoms with Gasteiger partial charge in [-0.25, -0.2) is 9.97 Å². The van der Waals surface area contributed by atoms with Crippen LogP contribution in [0.15, 0.2) is 36.7 Å². The molecular formula is C15H17ClN4O. The average Bonchev–Trinajstić information content (AvgIpc) is 2.50. The van der Waals surface area contributed by atoms with E-state index in [1.54, 1.807) is 24.3 Å². The van der Waals surface area contributed by atoms with Gasteiger partial charge in [0.2, 0.25) is 5.95 Å². The lowest BCUT2D eigenvalue weighted by Gasteiger charge is -2.11. The summed E-state index contributed by atoms with van der Waals surface area (Å²) in [6, 6.07) is 7.19.